The first-order valence-corrected chi connectivity index (χ1v) is 24.6. The van der Waals surface area contributed by atoms with Crippen molar-refractivity contribution < 1.29 is 41.9 Å². The predicted molar refractivity (Wildman–Crippen MR) is 205 cm³/mol. The highest BCUT2D eigenvalue weighted by Gasteiger charge is 2.69. The molecule has 52 heavy (non-hydrogen) atoms. The number of hydrogen-bond acceptors (Lipinski definition) is 9. The molecule has 1 unspecified atom stereocenters. The summed E-state index contributed by atoms with van der Waals surface area (Å²) in [5.74, 6) is -3.76. The number of Topliss-reactive ketones (excluding diaryl/α,β-unsaturated/α-hetero) is 2. The van der Waals surface area contributed by atoms with Crippen molar-refractivity contribution in [3.8, 4) is 0 Å². The van der Waals surface area contributed by atoms with Gasteiger partial charge in [-0.15, -0.1) is 6.58 Å². The Bertz CT molecular complexity index is 1430. The summed E-state index contributed by atoms with van der Waals surface area (Å²) in [6.07, 6.45) is 4.88. The third kappa shape index (κ3) is 12.3. The fourth-order valence-electron chi connectivity index (χ4n) is 8.04. The van der Waals surface area contributed by atoms with Gasteiger partial charge in [0.1, 0.15) is 5.60 Å². The fourth-order valence-corrected chi connectivity index (χ4v) is 12.6. The van der Waals surface area contributed by atoms with Crippen LogP contribution in [0.4, 0.5) is 0 Å². The van der Waals surface area contributed by atoms with Gasteiger partial charge in [0.2, 0.25) is 15.9 Å². The van der Waals surface area contributed by atoms with Crippen LogP contribution >= 0.6 is 0 Å². The van der Waals surface area contributed by atoms with Crippen LogP contribution in [0.2, 0.25) is 25.7 Å². The number of ether oxygens (including phenoxy) is 2. The molecule has 6 atom stereocenters. The molecular weight excluding hydrogens is 701 g/mol. The Morgan fingerprint density at radius 3 is 2.27 bits per heavy atom. The highest BCUT2D eigenvalue weighted by molar-refractivity contribution is 7.89. The summed E-state index contributed by atoms with van der Waals surface area (Å²) in [6, 6.07) is -0.231. The minimum atomic E-state index is -3.76. The second kappa shape index (κ2) is 17.8. The van der Waals surface area contributed by atoms with Gasteiger partial charge in [-0.1, -0.05) is 65.2 Å². The van der Waals surface area contributed by atoms with E-state index in [0.29, 0.717) is 38.3 Å². The van der Waals surface area contributed by atoms with E-state index in [-0.39, 0.29) is 66.9 Å². The Labute approximate surface area is 314 Å². The molecule has 0 bridgehead atoms. The number of esters is 2. The second-order valence-corrected chi connectivity index (χ2v) is 25.9. The number of carbonyl (C=O) groups is 5. The first-order chi connectivity index (χ1) is 24.0. The molecule has 2 aliphatic heterocycles. The number of hydrogen-bond donors (Lipinski definition) is 0. The molecule has 0 N–H and O–H groups in total. The van der Waals surface area contributed by atoms with Crippen molar-refractivity contribution in [2.24, 2.45) is 29.1 Å². The smallest absolute Gasteiger partial charge is 0.307 e. The van der Waals surface area contributed by atoms with Gasteiger partial charge < -0.3 is 14.4 Å². The van der Waals surface area contributed by atoms with Crippen molar-refractivity contribution in [1.29, 1.82) is 0 Å². The zero-order valence-electron chi connectivity index (χ0n) is 33.3. The van der Waals surface area contributed by atoms with Gasteiger partial charge in [-0.2, -0.15) is 0 Å². The lowest BCUT2D eigenvalue weighted by Crippen LogP contribution is -2.51. The van der Waals surface area contributed by atoms with Gasteiger partial charge in [0.05, 0.1) is 24.1 Å². The Balaban J connectivity index is 2.06. The minimum absolute atomic E-state index is 0.0182. The Morgan fingerprint density at radius 1 is 1.04 bits per heavy atom. The number of fused-ring (bicyclic) bond motifs is 3. The van der Waals surface area contributed by atoms with Crippen LogP contribution in [-0.2, 0) is 43.5 Å². The molecule has 0 spiro atoms. The number of carbonyl (C=O) groups excluding carboxylic acids is 5. The van der Waals surface area contributed by atoms with Gasteiger partial charge in [-0.3, -0.25) is 24.0 Å². The van der Waals surface area contributed by atoms with Crippen molar-refractivity contribution in [1.82, 2.24) is 9.21 Å². The van der Waals surface area contributed by atoms with Gasteiger partial charge in [-0.05, 0) is 63.3 Å². The van der Waals surface area contributed by atoms with Crippen molar-refractivity contribution in [3.63, 3.8) is 0 Å². The van der Waals surface area contributed by atoms with Gasteiger partial charge in [-0.25, -0.2) is 12.7 Å². The number of allylic oxidation sites excluding steroid dienone is 1. The number of nitrogens with zero attached hydrogens (tertiary/aromatic N) is 2. The van der Waals surface area contributed by atoms with Crippen molar-refractivity contribution in [2.75, 3.05) is 25.4 Å². The number of amides is 1. The molecule has 2 heterocycles. The second-order valence-electron chi connectivity index (χ2n) is 18.2. The van der Waals surface area contributed by atoms with E-state index < -0.39 is 65.5 Å². The van der Waals surface area contributed by atoms with Crippen LogP contribution in [-0.4, -0.2) is 98.2 Å². The van der Waals surface area contributed by atoms with E-state index in [4.69, 9.17) is 9.47 Å². The normalized spacial score (nSPS) is 27.2. The van der Waals surface area contributed by atoms with Crippen molar-refractivity contribution >= 4 is 47.5 Å². The van der Waals surface area contributed by atoms with Crippen LogP contribution in [0.1, 0.15) is 106 Å². The molecular formula is C39H66N2O9SSi. The summed E-state index contributed by atoms with van der Waals surface area (Å²) >= 11 is 0. The van der Waals surface area contributed by atoms with E-state index in [9.17, 15) is 32.4 Å². The SMILES string of the molecule is C=CCCC(=O)C(OC(C)=O)[C@@H]1CCCCCCCN(S(=O)(=O)CC[Si](C)(C)C)C[C@H](CC(=O)OC(C)(C)C)C(=O)N2C[C@H]3[C@@H]([C@H]2C(=O)C1)C3(C)C. The number of ketones is 2. The van der Waals surface area contributed by atoms with E-state index in [2.05, 4.69) is 40.1 Å². The quantitative estimate of drug-likeness (QED) is 0.129. The highest BCUT2D eigenvalue weighted by atomic mass is 32.2. The van der Waals surface area contributed by atoms with Crippen LogP contribution < -0.4 is 0 Å². The van der Waals surface area contributed by atoms with E-state index in [1.807, 2.05) is 0 Å². The highest BCUT2D eigenvalue weighted by Crippen LogP contribution is 2.65. The number of piperidine rings is 1. The lowest BCUT2D eigenvalue weighted by molar-refractivity contribution is -0.159. The number of sulfonamides is 1. The summed E-state index contributed by atoms with van der Waals surface area (Å²) in [7, 11) is -5.47. The van der Waals surface area contributed by atoms with Gasteiger partial charge in [0, 0.05) is 53.4 Å². The molecule has 0 aromatic carbocycles. The van der Waals surface area contributed by atoms with Crippen LogP contribution in [0.15, 0.2) is 12.7 Å². The molecule has 0 aromatic rings. The van der Waals surface area contributed by atoms with E-state index in [1.54, 1.807) is 31.7 Å². The fraction of sp³-hybridized carbons (Fsp3) is 0.821. The molecule has 296 valence electrons. The standard InChI is InChI=1S/C39H66N2O9SSi/c1-11-12-19-31(43)36(49-27(2)42)28-18-16-14-13-15-17-20-40(51(47,48)21-22-52(8,9)10)25-29(24-33(45)50-38(3,4)5)37(46)41-26-30-34(39(30,6)7)35(41)32(44)23-28/h11,28-30,34-36H,1,12-26H2,2-10H3/t28-,29+,30+,34+,35-,36?/m1/s1. The molecule has 1 saturated carbocycles. The lowest BCUT2D eigenvalue weighted by atomic mass is 9.84. The van der Waals surface area contributed by atoms with Crippen LogP contribution in [0.5, 0.6) is 0 Å². The largest absolute Gasteiger partial charge is 0.460 e. The van der Waals surface area contributed by atoms with Crippen LogP contribution in [0.25, 0.3) is 0 Å². The van der Waals surface area contributed by atoms with Crippen molar-refractivity contribution in [2.45, 2.75) is 149 Å². The van der Waals surface area contributed by atoms with Gasteiger partial charge in [0.15, 0.2) is 17.7 Å². The molecule has 13 heteroatoms. The molecule has 0 radical (unpaired) electrons. The summed E-state index contributed by atoms with van der Waals surface area (Å²) in [6.45, 7) is 21.1. The third-order valence-corrected chi connectivity index (χ3v) is 15.0. The van der Waals surface area contributed by atoms with Gasteiger partial charge >= 0.3 is 11.9 Å². The first kappa shape index (κ1) is 44.0. The first-order valence-electron chi connectivity index (χ1n) is 19.3. The maximum Gasteiger partial charge on any atom is 0.307 e. The van der Waals surface area contributed by atoms with E-state index in [1.165, 1.54) is 11.2 Å². The van der Waals surface area contributed by atoms with Gasteiger partial charge in [0.25, 0.3) is 0 Å². The Kier molecular flexibility index (Phi) is 15.1. The van der Waals surface area contributed by atoms with Crippen molar-refractivity contribution in [3.05, 3.63) is 12.7 Å². The van der Waals surface area contributed by atoms with E-state index in [0.717, 1.165) is 19.3 Å². The molecule has 1 aliphatic carbocycles. The topological polar surface area (TPSA) is 144 Å². The third-order valence-electron chi connectivity index (χ3n) is 11.0. The molecule has 3 fully saturated rings. The molecule has 11 nitrogen and oxygen atoms in total. The molecule has 1 amide bonds. The summed E-state index contributed by atoms with van der Waals surface area (Å²) in [5, 5.41) is 0. The lowest BCUT2D eigenvalue weighted by Gasteiger charge is -2.36. The van der Waals surface area contributed by atoms with E-state index >= 15 is 0 Å². The average molecular weight is 767 g/mol. The molecule has 3 rings (SSSR count). The van der Waals surface area contributed by atoms with Crippen LogP contribution in [0.3, 0.4) is 0 Å². The monoisotopic (exact) mass is 766 g/mol. The maximum absolute atomic E-state index is 14.7. The minimum Gasteiger partial charge on any atom is -0.460 e. The Morgan fingerprint density at radius 2 is 1.67 bits per heavy atom. The summed E-state index contributed by atoms with van der Waals surface area (Å²) in [5.41, 5.74) is -1.01. The Hall–Kier alpha value is -2.38. The zero-order chi connectivity index (χ0) is 39.2. The maximum atomic E-state index is 14.7. The summed E-state index contributed by atoms with van der Waals surface area (Å²) < 4.78 is 40.6. The summed E-state index contributed by atoms with van der Waals surface area (Å²) in [4.78, 5) is 69.9. The number of rotatable bonds is 12. The molecule has 2 saturated heterocycles. The molecule has 0 aromatic heterocycles. The zero-order valence-corrected chi connectivity index (χ0v) is 35.1. The average Bonchev–Trinajstić information content (AvgIpc) is 3.32. The van der Waals surface area contributed by atoms with Crippen LogP contribution in [0, 0.1) is 29.1 Å². The molecule has 3 aliphatic rings. The predicted octanol–water partition coefficient (Wildman–Crippen LogP) is 6.18.